The summed E-state index contributed by atoms with van der Waals surface area (Å²) in [6.07, 6.45) is 48.8. The number of aliphatic hydroxyl groups excluding tert-OH is 6. The molecule has 0 aromatic carbocycles. The summed E-state index contributed by atoms with van der Waals surface area (Å²) in [5.41, 5.74) is 0. The van der Waals surface area contributed by atoms with Crippen LogP contribution in [0.15, 0.2) is 0 Å². The Labute approximate surface area is 534 Å². The van der Waals surface area contributed by atoms with Crippen LogP contribution in [0.1, 0.15) is 374 Å². The van der Waals surface area contributed by atoms with Crippen molar-refractivity contribution in [2.45, 2.75) is 436 Å². The quantitative estimate of drug-likeness (QED) is 0.0248. The lowest BCUT2D eigenvalue weighted by Crippen LogP contribution is -2.64. The van der Waals surface area contributed by atoms with Gasteiger partial charge >= 0.3 is 11.9 Å². The standard InChI is InChI=1S/C74H142O13/c1-5-9-13-17-21-25-29-33-37-41-45-49-53-61(54-50-46-42-38-34-30-26-22-18-14-10-6-2)57-65(75)83-59-63-67(77)69(79)71(81)73(85-63)87-74-72(82)70(80)68(78)64(86-74)60-84-66(76)58-62(55-51-47-43-39-35-31-27-23-19-15-11-7-3)56-52-48-44-40-36-32-28-24-20-16-12-8-4/h61-64,67-74,77-82H,5-60H2,1-4H3/t63-,64-,67-,68-,69+,70+,71-,72-,73-,74-/m1/s1. The summed E-state index contributed by atoms with van der Waals surface area (Å²) in [5, 5.41) is 66.1. The Bertz CT molecular complexity index is 1360. The second-order valence-electron chi connectivity index (χ2n) is 27.4. The predicted molar refractivity (Wildman–Crippen MR) is 355 cm³/mol. The third kappa shape index (κ3) is 42.4. The first-order chi connectivity index (χ1) is 42.5. The van der Waals surface area contributed by atoms with E-state index in [4.69, 9.17) is 23.7 Å². The minimum Gasteiger partial charge on any atom is -0.463 e. The smallest absolute Gasteiger partial charge is 0.306 e. The van der Waals surface area contributed by atoms with Crippen LogP contribution in [-0.4, -0.2) is 117 Å². The lowest BCUT2D eigenvalue weighted by atomic mass is 9.91. The fraction of sp³-hybridized carbons (Fsp3) is 0.973. The van der Waals surface area contributed by atoms with Gasteiger partial charge in [-0.1, -0.05) is 336 Å². The highest BCUT2D eigenvalue weighted by molar-refractivity contribution is 5.70. The highest BCUT2D eigenvalue weighted by Gasteiger charge is 2.50. The predicted octanol–water partition coefficient (Wildman–Crippen LogP) is 18.1. The normalized spacial score (nSPS) is 22.4. The second kappa shape index (κ2) is 57.3. The van der Waals surface area contributed by atoms with Crippen molar-refractivity contribution in [3.05, 3.63) is 0 Å². The van der Waals surface area contributed by atoms with E-state index in [9.17, 15) is 40.2 Å². The van der Waals surface area contributed by atoms with Crippen LogP contribution in [0.3, 0.4) is 0 Å². The van der Waals surface area contributed by atoms with Crippen molar-refractivity contribution < 1.29 is 63.9 Å². The maximum atomic E-state index is 13.5. The number of aliphatic hydroxyl groups is 6. The minimum atomic E-state index is -1.81. The van der Waals surface area contributed by atoms with Gasteiger partial charge in [-0.25, -0.2) is 0 Å². The Morgan fingerprint density at radius 3 is 0.690 bits per heavy atom. The summed E-state index contributed by atoms with van der Waals surface area (Å²) in [7, 11) is 0. The molecular weight excluding hydrogens is 1100 g/mol. The number of hydrogen-bond donors (Lipinski definition) is 6. The number of hydrogen-bond acceptors (Lipinski definition) is 13. The summed E-state index contributed by atoms with van der Waals surface area (Å²) >= 11 is 0. The molecule has 516 valence electrons. The number of ether oxygens (including phenoxy) is 5. The number of carbonyl (C=O) groups is 2. The van der Waals surface area contributed by atoms with E-state index >= 15 is 0 Å². The SMILES string of the molecule is CCCCCCCCCCCCCCC(CCCCCCCCCCCCCC)CC(=O)OC[C@H]1O[C@H](O[C@H]2O[C@H](COC(=O)CC(CCCCCCCCCCCCCC)CCCCCCCCCCCCCC)[C@@H](O)[C@H](O)[C@H]2O)[C@H](O)[C@@H](O)[C@@H]1O. The van der Waals surface area contributed by atoms with Crippen molar-refractivity contribution >= 4 is 11.9 Å². The molecule has 0 bridgehead atoms. The molecule has 2 heterocycles. The fourth-order valence-electron chi connectivity index (χ4n) is 13.2. The first-order valence-electron chi connectivity index (χ1n) is 37.8. The van der Waals surface area contributed by atoms with Gasteiger partial charge in [-0.2, -0.15) is 0 Å². The third-order valence-electron chi connectivity index (χ3n) is 19.2. The van der Waals surface area contributed by atoms with Crippen molar-refractivity contribution in [2.75, 3.05) is 13.2 Å². The van der Waals surface area contributed by atoms with Gasteiger partial charge in [0.15, 0.2) is 12.6 Å². The average Bonchev–Trinajstić information content (AvgIpc) is 2.28. The molecule has 87 heavy (non-hydrogen) atoms. The second-order valence-corrected chi connectivity index (χ2v) is 27.4. The first kappa shape index (κ1) is 81.7. The lowest BCUT2D eigenvalue weighted by molar-refractivity contribution is -0.376. The van der Waals surface area contributed by atoms with Crippen molar-refractivity contribution in [3.8, 4) is 0 Å². The van der Waals surface area contributed by atoms with Gasteiger partial charge in [0.1, 0.15) is 62.0 Å². The molecule has 0 unspecified atom stereocenters. The molecule has 0 spiro atoms. The fourth-order valence-corrected chi connectivity index (χ4v) is 13.2. The maximum Gasteiger partial charge on any atom is 0.306 e. The maximum absolute atomic E-state index is 13.5. The van der Waals surface area contributed by atoms with E-state index < -0.39 is 86.6 Å². The zero-order valence-electron chi connectivity index (χ0n) is 57.1. The molecule has 0 saturated carbocycles. The van der Waals surface area contributed by atoms with E-state index in [0.717, 1.165) is 77.0 Å². The van der Waals surface area contributed by atoms with Crippen LogP contribution in [0.5, 0.6) is 0 Å². The minimum absolute atomic E-state index is 0.165. The van der Waals surface area contributed by atoms with Crippen LogP contribution in [-0.2, 0) is 33.3 Å². The zero-order valence-corrected chi connectivity index (χ0v) is 57.1. The Hall–Kier alpha value is -1.42. The lowest BCUT2D eigenvalue weighted by Gasteiger charge is -2.44. The van der Waals surface area contributed by atoms with E-state index in [-0.39, 0.29) is 24.7 Å². The zero-order chi connectivity index (χ0) is 63.2. The molecule has 0 aliphatic carbocycles. The van der Waals surface area contributed by atoms with Crippen LogP contribution < -0.4 is 0 Å². The largest absolute Gasteiger partial charge is 0.463 e. The summed E-state index contributed by atoms with van der Waals surface area (Å²) in [6.45, 7) is 8.20. The van der Waals surface area contributed by atoms with Gasteiger partial charge in [0.2, 0.25) is 0 Å². The van der Waals surface area contributed by atoms with Crippen molar-refractivity contribution in [3.63, 3.8) is 0 Å². The summed E-state index contributed by atoms with van der Waals surface area (Å²) in [4.78, 5) is 27.1. The van der Waals surface area contributed by atoms with Crippen LogP contribution in [0.4, 0.5) is 0 Å². The molecule has 2 fully saturated rings. The van der Waals surface area contributed by atoms with Crippen LogP contribution in [0, 0.1) is 11.8 Å². The van der Waals surface area contributed by atoms with E-state index in [1.165, 1.54) is 257 Å². The van der Waals surface area contributed by atoms with Gasteiger partial charge < -0.3 is 54.3 Å². The molecule has 2 aliphatic rings. The molecule has 2 rings (SSSR count). The molecule has 0 aromatic heterocycles. The van der Waals surface area contributed by atoms with E-state index in [1.807, 2.05) is 0 Å². The summed E-state index contributed by atoms with van der Waals surface area (Å²) < 4.78 is 29.1. The van der Waals surface area contributed by atoms with Crippen molar-refractivity contribution in [1.82, 2.24) is 0 Å². The highest BCUT2D eigenvalue weighted by Crippen LogP contribution is 2.31. The Morgan fingerprint density at radius 1 is 0.287 bits per heavy atom. The molecule has 0 radical (unpaired) electrons. The van der Waals surface area contributed by atoms with Gasteiger partial charge in [0.05, 0.1) is 0 Å². The van der Waals surface area contributed by atoms with Crippen LogP contribution >= 0.6 is 0 Å². The van der Waals surface area contributed by atoms with Gasteiger partial charge in [0, 0.05) is 12.8 Å². The molecule has 13 heteroatoms. The molecule has 13 nitrogen and oxygen atoms in total. The van der Waals surface area contributed by atoms with E-state index in [0.29, 0.717) is 0 Å². The number of carbonyl (C=O) groups excluding carboxylic acids is 2. The van der Waals surface area contributed by atoms with Crippen molar-refractivity contribution in [1.29, 1.82) is 0 Å². The monoisotopic (exact) mass is 1240 g/mol. The van der Waals surface area contributed by atoms with Crippen LogP contribution in [0.2, 0.25) is 0 Å². The van der Waals surface area contributed by atoms with Gasteiger partial charge in [-0.3, -0.25) is 9.59 Å². The number of rotatable bonds is 62. The average molecular weight is 1240 g/mol. The number of esters is 2. The third-order valence-corrected chi connectivity index (χ3v) is 19.2. The molecule has 2 aliphatic heterocycles. The van der Waals surface area contributed by atoms with Gasteiger partial charge in [0.25, 0.3) is 0 Å². The van der Waals surface area contributed by atoms with E-state index in [2.05, 4.69) is 27.7 Å². The van der Waals surface area contributed by atoms with Gasteiger partial charge in [-0.15, -0.1) is 0 Å². The molecule has 10 atom stereocenters. The Balaban J connectivity index is 1.94. The highest BCUT2D eigenvalue weighted by atomic mass is 16.8. The molecule has 2 saturated heterocycles. The Kier molecular flexibility index (Phi) is 53.8. The first-order valence-corrected chi connectivity index (χ1v) is 37.8. The topological polar surface area (TPSA) is 202 Å². The molecule has 0 amide bonds. The molecular formula is C74H142O13. The summed E-state index contributed by atoms with van der Waals surface area (Å²) in [6, 6.07) is 0. The van der Waals surface area contributed by atoms with Gasteiger partial charge in [-0.05, 0) is 37.5 Å². The molecule has 6 N–H and O–H groups in total. The molecule has 0 aromatic rings. The summed E-state index contributed by atoms with van der Waals surface area (Å²) in [5.74, 6) is -0.518. The number of unbranched alkanes of at least 4 members (excludes halogenated alkanes) is 44. The van der Waals surface area contributed by atoms with Crippen molar-refractivity contribution in [2.24, 2.45) is 11.8 Å². The van der Waals surface area contributed by atoms with Crippen LogP contribution in [0.25, 0.3) is 0 Å². The Morgan fingerprint density at radius 2 is 0.483 bits per heavy atom. The van der Waals surface area contributed by atoms with E-state index in [1.54, 1.807) is 0 Å².